The fraction of sp³-hybridized carbons (Fsp3) is 0.458. The third-order valence-electron chi connectivity index (χ3n) is 6.46. The normalized spacial score (nSPS) is 15.4. The van der Waals surface area contributed by atoms with Crippen molar-refractivity contribution in [2.24, 2.45) is 5.92 Å². The van der Waals surface area contributed by atoms with E-state index in [2.05, 4.69) is 39.9 Å². The molecular weight excluding hydrogens is 457 g/mol. The highest BCUT2D eigenvalue weighted by atomic mass is 19.4. The predicted molar refractivity (Wildman–Crippen MR) is 129 cm³/mol. The van der Waals surface area contributed by atoms with E-state index in [-0.39, 0.29) is 23.8 Å². The number of alkyl halides is 3. The van der Waals surface area contributed by atoms with E-state index in [0.29, 0.717) is 23.2 Å². The van der Waals surface area contributed by atoms with Crippen molar-refractivity contribution in [1.82, 2.24) is 29.3 Å². The third kappa shape index (κ3) is 4.77. The number of imidazole rings is 1. The molecule has 1 aliphatic rings. The Morgan fingerprint density at radius 2 is 1.94 bits per heavy atom. The molecule has 1 aliphatic heterocycles. The molecule has 0 spiro atoms. The van der Waals surface area contributed by atoms with Gasteiger partial charge in [0.15, 0.2) is 11.3 Å². The molecule has 0 atom stereocenters. The summed E-state index contributed by atoms with van der Waals surface area (Å²) in [5.41, 5.74) is 1.06. The van der Waals surface area contributed by atoms with Gasteiger partial charge in [-0.15, -0.1) is 0 Å². The topological polar surface area (TPSA) is 83.6 Å². The maximum absolute atomic E-state index is 13.9. The number of nitrogens with zero attached hydrogens (tertiary/aromatic N) is 5. The smallest absolute Gasteiger partial charge is 0.370 e. The first-order valence-electron chi connectivity index (χ1n) is 11.9. The van der Waals surface area contributed by atoms with Crippen molar-refractivity contribution >= 4 is 22.9 Å². The van der Waals surface area contributed by atoms with Gasteiger partial charge in [-0.05, 0) is 49.9 Å². The van der Waals surface area contributed by atoms with E-state index in [9.17, 15) is 13.2 Å². The fourth-order valence-corrected chi connectivity index (χ4v) is 4.58. The van der Waals surface area contributed by atoms with Gasteiger partial charge in [-0.1, -0.05) is 19.9 Å². The summed E-state index contributed by atoms with van der Waals surface area (Å²) < 4.78 is 44.4. The van der Waals surface area contributed by atoms with Crippen LogP contribution >= 0.6 is 0 Å². The monoisotopic (exact) mass is 486 g/mol. The molecule has 4 aromatic rings. The fourth-order valence-electron chi connectivity index (χ4n) is 4.58. The van der Waals surface area contributed by atoms with Crippen molar-refractivity contribution in [3.05, 3.63) is 53.6 Å². The number of aromatic nitrogens is 5. The van der Waals surface area contributed by atoms with Crippen LogP contribution < -0.4 is 16.0 Å². The lowest BCUT2D eigenvalue weighted by atomic mass is 9.98. The molecule has 0 radical (unpaired) electrons. The molecule has 0 amide bonds. The molecular formula is C24H29F3N8. The minimum atomic E-state index is -4.54. The quantitative estimate of drug-likeness (QED) is 0.356. The lowest BCUT2D eigenvalue weighted by Gasteiger charge is -2.23. The standard InChI is InChI=1S/C24H29F3N8/c1-15(2)17-13-31-35-21(11-19(33-23(17)35)29-12-16-6-8-28-9-7-16)30-14-18-22(24(25,26)27)34-10-4-3-5-20(34)32-18/h3-5,10-11,13,15-16,28,30H,6-9,12,14H2,1-2H3,(H,29,33). The molecule has 8 nitrogen and oxygen atoms in total. The van der Waals surface area contributed by atoms with Crippen LogP contribution in [0.2, 0.25) is 0 Å². The van der Waals surface area contributed by atoms with E-state index in [4.69, 9.17) is 4.98 Å². The van der Waals surface area contributed by atoms with Crippen molar-refractivity contribution in [3.8, 4) is 0 Å². The highest BCUT2D eigenvalue weighted by Crippen LogP contribution is 2.33. The molecule has 3 N–H and O–H groups in total. The average molecular weight is 487 g/mol. The van der Waals surface area contributed by atoms with Crippen molar-refractivity contribution in [1.29, 1.82) is 0 Å². The first kappa shape index (κ1) is 23.4. The van der Waals surface area contributed by atoms with Gasteiger partial charge in [0.2, 0.25) is 0 Å². The molecule has 0 aromatic carbocycles. The summed E-state index contributed by atoms with van der Waals surface area (Å²) >= 11 is 0. The Kier molecular flexibility index (Phi) is 6.26. The van der Waals surface area contributed by atoms with Crippen LogP contribution in [0.3, 0.4) is 0 Å². The van der Waals surface area contributed by atoms with Crippen LogP contribution in [0.1, 0.15) is 49.6 Å². The van der Waals surface area contributed by atoms with Gasteiger partial charge in [0.1, 0.15) is 17.3 Å². The van der Waals surface area contributed by atoms with Gasteiger partial charge in [0.25, 0.3) is 0 Å². The number of pyridine rings is 1. The largest absolute Gasteiger partial charge is 0.433 e. The number of anilines is 2. The summed E-state index contributed by atoms with van der Waals surface area (Å²) in [5.74, 6) is 1.97. The number of rotatable bonds is 7. The molecule has 11 heteroatoms. The number of hydrogen-bond donors (Lipinski definition) is 3. The highest BCUT2D eigenvalue weighted by Gasteiger charge is 2.38. The minimum absolute atomic E-state index is 0.0749. The second kappa shape index (κ2) is 9.37. The number of hydrogen-bond acceptors (Lipinski definition) is 6. The lowest BCUT2D eigenvalue weighted by molar-refractivity contribution is -0.142. The molecule has 186 valence electrons. The van der Waals surface area contributed by atoms with E-state index in [1.165, 1.54) is 6.20 Å². The van der Waals surface area contributed by atoms with Crippen molar-refractivity contribution < 1.29 is 13.2 Å². The molecule has 0 saturated carbocycles. The summed E-state index contributed by atoms with van der Waals surface area (Å²) in [6, 6.07) is 6.59. The molecule has 0 aliphatic carbocycles. The number of nitrogens with one attached hydrogen (secondary N) is 3. The first-order valence-corrected chi connectivity index (χ1v) is 11.9. The summed E-state index contributed by atoms with van der Waals surface area (Å²) in [5, 5.41) is 14.4. The third-order valence-corrected chi connectivity index (χ3v) is 6.46. The summed E-state index contributed by atoms with van der Waals surface area (Å²) in [4.78, 5) is 9.02. The van der Waals surface area contributed by atoms with Crippen molar-refractivity contribution in [3.63, 3.8) is 0 Å². The van der Waals surface area contributed by atoms with Crippen LogP contribution in [-0.4, -0.2) is 43.6 Å². The van der Waals surface area contributed by atoms with Gasteiger partial charge in [-0.2, -0.15) is 22.8 Å². The minimum Gasteiger partial charge on any atom is -0.370 e. The number of piperidine rings is 1. The van der Waals surface area contributed by atoms with Crippen LogP contribution in [-0.2, 0) is 12.7 Å². The Hall–Kier alpha value is -3.34. The zero-order chi connectivity index (χ0) is 24.6. The summed E-state index contributed by atoms with van der Waals surface area (Å²) in [7, 11) is 0. The molecule has 0 unspecified atom stereocenters. The Balaban J connectivity index is 1.46. The van der Waals surface area contributed by atoms with Crippen LogP contribution in [0.25, 0.3) is 11.3 Å². The second-order valence-electron chi connectivity index (χ2n) is 9.28. The molecule has 1 saturated heterocycles. The highest BCUT2D eigenvalue weighted by molar-refractivity contribution is 5.61. The van der Waals surface area contributed by atoms with Gasteiger partial charge in [0.05, 0.1) is 18.4 Å². The van der Waals surface area contributed by atoms with Crippen molar-refractivity contribution in [2.75, 3.05) is 30.3 Å². The Morgan fingerprint density at radius 1 is 1.14 bits per heavy atom. The molecule has 1 fully saturated rings. The maximum atomic E-state index is 13.9. The van der Waals surface area contributed by atoms with Crippen LogP contribution in [0, 0.1) is 5.92 Å². The first-order chi connectivity index (χ1) is 16.8. The molecule has 5 rings (SSSR count). The molecule has 5 heterocycles. The van der Waals surface area contributed by atoms with E-state index >= 15 is 0 Å². The number of halogens is 3. The molecule has 4 aromatic heterocycles. The zero-order valence-electron chi connectivity index (χ0n) is 19.7. The average Bonchev–Trinajstić information content (AvgIpc) is 3.43. The van der Waals surface area contributed by atoms with Gasteiger partial charge < -0.3 is 16.0 Å². The van der Waals surface area contributed by atoms with E-state index < -0.39 is 11.9 Å². The number of fused-ring (bicyclic) bond motifs is 2. The Morgan fingerprint density at radius 3 is 2.69 bits per heavy atom. The van der Waals surface area contributed by atoms with Gasteiger partial charge >= 0.3 is 6.18 Å². The van der Waals surface area contributed by atoms with Gasteiger partial charge in [-0.3, -0.25) is 4.40 Å². The summed E-state index contributed by atoms with van der Waals surface area (Å²) in [6.07, 6.45) is 0.797. The molecule has 35 heavy (non-hydrogen) atoms. The van der Waals surface area contributed by atoms with Crippen LogP contribution in [0.5, 0.6) is 0 Å². The van der Waals surface area contributed by atoms with E-state index in [1.54, 1.807) is 35.0 Å². The van der Waals surface area contributed by atoms with Crippen molar-refractivity contribution in [2.45, 2.75) is 45.3 Å². The van der Waals surface area contributed by atoms with Gasteiger partial charge in [-0.25, -0.2) is 9.97 Å². The molecule has 0 bridgehead atoms. The Labute approximate surface area is 201 Å². The Bertz CT molecular complexity index is 1320. The second-order valence-corrected chi connectivity index (χ2v) is 9.28. The van der Waals surface area contributed by atoms with E-state index in [0.717, 1.165) is 42.4 Å². The SMILES string of the molecule is CC(C)c1cnn2c(NCc3nc4ccccn4c3C(F)(F)F)cc(NCC3CCNCC3)nc12. The summed E-state index contributed by atoms with van der Waals surface area (Å²) in [6.45, 7) is 6.82. The van der Waals surface area contributed by atoms with Crippen LogP contribution in [0.15, 0.2) is 36.7 Å². The van der Waals surface area contributed by atoms with Gasteiger partial charge in [0, 0.05) is 24.4 Å². The lowest BCUT2D eigenvalue weighted by Crippen LogP contribution is -2.31. The van der Waals surface area contributed by atoms with Crippen LogP contribution in [0.4, 0.5) is 24.8 Å². The predicted octanol–water partition coefficient (Wildman–Crippen LogP) is 4.54. The van der Waals surface area contributed by atoms with E-state index in [1.807, 2.05) is 0 Å². The maximum Gasteiger partial charge on any atom is 0.433 e. The zero-order valence-corrected chi connectivity index (χ0v) is 19.7.